The predicted molar refractivity (Wildman–Crippen MR) is 108 cm³/mol. The van der Waals surface area contributed by atoms with Crippen LogP contribution in [-0.4, -0.2) is 49.3 Å². The summed E-state index contributed by atoms with van der Waals surface area (Å²) in [5, 5.41) is 4.63. The highest BCUT2D eigenvalue weighted by atomic mass is 16.6. The summed E-state index contributed by atoms with van der Waals surface area (Å²) in [6.07, 6.45) is 4.84. The second-order valence-corrected chi connectivity index (χ2v) is 9.95. The lowest BCUT2D eigenvalue weighted by molar-refractivity contribution is -0.666. The van der Waals surface area contributed by atoms with Crippen molar-refractivity contribution in [3.63, 3.8) is 0 Å². The molecule has 4 N–H and O–H groups in total. The van der Waals surface area contributed by atoms with E-state index < -0.39 is 11.2 Å². The molecule has 28 heavy (non-hydrogen) atoms. The van der Waals surface area contributed by atoms with E-state index in [9.17, 15) is 9.59 Å². The number of ether oxygens (including phenoxy) is 2. The van der Waals surface area contributed by atoms with Crippen LogP contribution < -0.4 is 10.6 Å². The number of rotatable bonds is 8. The fourth-order valence-corrected chi connectivity index (χ4v) is 4.72. The Bertz CT molecular complexity index is 475. The highest BCUT2D eigenvalue weighted by Gasteiger charge is 2.37. The van der Waals surface area contributed by atoms with Crippen LogP contribution in [0.4, 0.5) is 0 Å². The molecule has 0 spiro atoms. The van der Waals surface area contributed by atoms with Gasteiger partial charge in [-0.3, -0.25) is 9.59 Å². The largest absolute Gasteiger partial charge is 0.459 e. The van der Waals surface area contributed by atoms with Crippen LogP contribution in [0.15, 0.2) is 0 Å². The summed E-state index contributed by atoms with van der Waals surface area (Å²) in [4.78, 5) is 24.9. The predicted octanol–water partition coefficient (Wildman–Crippen LogP) is 0.993. The van der Waals surface area contributed by atoms with Crippen molar-refractivity contribution in [2.45, 2.75) is 84.3 Å². The van der Waals surface area contributed by atoms with Crippen LogP contribution in [0.25, 0.3) is 0 Å². The highest BCUT2D eigenvalue weighted by molar-refractivity contribution is 5.73. The van der Waals surface area contributed by atoms with Gasteiger partial charge in [0.2, 0.25) is 0 Å². The van der Waals surface area contributed by atoms with Gasteiger partial charge in [-0.15, -0.1) is 0 Å². The molecule has 162 valence electrons. The van der Waals surface area contributed by atoms with Crippen LogP contribution in [0.3, 0.4) is 0 Å². The van der Waals surface area contributed by atoms with E-state index in [1.54, 1.807) is 0 Å². The molecule has 0 aliphatic carbocycles. The molecule has 2 saturated heterocycles. The summed E-state index contributed by atoms with van der Waals surface area (Å²) < 4.78 is 11.6. The molecular weight excluding hydrogens is 356 g/mol. The van der Waals surface area contributed by atoms with Crippen molar-refractivity contribution in [1.29, 1.82) is 0 Å². The van der Waals surface area contributed by atoms with E-state index in [4.69, 9.17) is 9.47 Å². The Morgan fingerprint density at radius 1 is 0.786 bits per heavy atom. The summed E-state index contributed by atoms with van der Waals surface area (Å²) in [6.45, 7) is 14.4. The maximum Gasteiger partial charge on any atom is 0.306 e. The molecule has 2 rings (SSSR count). The summed E-state index contributed by atoms with van der Waals surface area (Å²) >= 11 is 0. The Hall–Kier alpha value is -1.14. The summed E-state index contributed by atoms with van der Waals surface area (Å²) in [7, 11) is 0. The van der Waals surface area contributed by atoms with Gasteiger partial charge in [0.25, 0.3) is 0 Å². The Balaban J connectivity index is 1.76. The Morgan fingerprint density at radius 3 is 1.43 bits per heavy atom. The first kappa shape index (κ1) is 23.1. The SMILES string of the molecule is CC(CC(=O)OC(C)(C)C1CC[NH2+]CC1)CC(=O)OC(C)(C)C1CC[NH2+]CC1. The fraction of sp³-hybridized carbons (Fsp3) is 0.909. The van der Waals surface area contributed by atoms with Crippen LogP contribution >= 0.6 is 0 Å². The number of carbonyl (C=O) groups is 2. The average molecular weight is 399 g/mol. The van der Waals surface area contributed by atoms with Crippen molar-refractivity contribution in [1.82, 2.24) is 0 Å². The Kier molecular flexibility index (Phi) is 8.31. The first-order valence-electron chi connectivity index (χ1n) is 11.2. The zero-order valence-electron chi connectivity index (χ0n) is 18.6. The lowest BCUT2D eigenvalue weighted by Gasteiger charge is -2.36. The number of carbonyl (C=O) groups excluding carboxylic acids is 2. The minimum atomic E-state index is -0.439. The van der Waals surface area contributed by atoms with Crippen molar-refractivity contribution in [3.05, 3.63) is 0 Å². The molecule has 0 atom stereocenters. The van der Waals surface area contributed by atoms with Gasteiger partial charge in [0.05, 0.1) is 26.2 Å². The fourth-order valence-electron chi connectivity index (χ4n) is 4.72. The van der Waals surface area contributed by atoms with E-state index in [0.717, 1.165) is 51.9 Å². The molecule has 2 aliphatic rings. The van der Waals surface area contributed by atoms with Gasteiger partial charge in [0.15, 0.2) is 0 Å². The number of hydrogen-bond acceptors (Lipinski definition) is 4. The molecule has 0 aromatic rings. The van der Waals surface area contributed by atoms with Crippen molar-refractivity contribution in [3.8, 4) is 0 Å². The maximum atomic E-state index is 12.4. The molecule has 2 heterocycles. The third kappa shape index (κ3) is 7.03. The highest BCUT2D eigenvalue weighted by Crippen LogP contribution is 2.30. The number of nitrogens with two attached hydrogens (primary N) is 2. The molecule has 0 saturated carbocycles. The molecule has 2 aliphatic heterocycles. The van der Waals surface area contributed by atoms with Crippen LogP contribution in [-0.2, 0) is 19.1 Å². The van der Waals surface area contributed by atoms with E-state index >= 15 is 0 Å². The molecule has 0 aromatic heterocycles. The topological polar surface area (TPSA) is 85.8 Å². The van der Waals surface area contributed by atoms with Crippen molar-refractivity contribution in [2.24, 2.45) is 17.8 Å². The first-order valence-corrected chi connectivity index (χ1v) is 11.2. The molecule has 0 unspecified atom stereocenters. The molecule has 0 amide bonds. The van der Waals surface area contributed by atoms with Crippen molar-refractivity contribution >= 4 is 11.9 Å². The van der Waals surface area contributed by atoms with Gasteiger partial charge in [-0.2, -0.15) is 0 Å². The molecule has 0 aromatic carbocycles. The molecule has 6 heteroatoms. The van der Waals surface area contributed by atoms with E-state index in [-0.39, 0.29) is 30.7 Å². The second-order valence-electron chi connectivity index (χ2n) is 9.95. The van der Waals surface area contributed by atoms with Crippen LogP contribution in [0.5, 0.6) is 0 Å². The molecule has 6 nitrogen and oxygen atoms in total. The third-order valence-electron chi connectivity index (χ3n) is 6.63. The van der Waals surface area contributed by atoms with Crippen molar-refractivity contribution in [2.75, 3.05) is 26.2 Å². The summed E-state index contributed by atoms with van der Waals surface area (Å²) in [6, 6.07) is 0. The van der Waals surface area contributed by atoms with E-state index in [1.165, 1.54) is 0 Å². The maximum absolute atomic E-state index is 12.4. The number of hydrogen-bond donors (Lipinski definition) is 2. The van der Waals surface area contributed by atoms with Gasteiger partial charge in [-0.05, 0) is 33.6 Å². The normalized spacial score (nSPS) is 20.2. The smallest absolute Gasteiger partial charge is 0.306 e. The van der Waals surface area contributed by atoms with Crippen LogP contribution in [0.1, 0.15) is 73.1 Å². The summed E-state index contributed by atoms with van der Waals surface area (Å²) in [5.74, 6) is 0.334. The van der Waals surface area contributed by atoms with Gasteiger partial charge in [-0.1, -0.05) is 6.92 Å². The van der Waals surface area contributed by atoms with Gasteiger partial charge in [0.1, 0.15) is 11.2 Å². The molecule has 0 radical (unpaired) electrons. The minimum Gasteiger partial charge on any atom is -0.459 e. The number of esters is 2. The second kappa shape index (κ2) is 10.1. The standard InChI is InChI=1S/C22H40N2O4/c1-16(14-19(25)27-21(2,3)17-6-10-23-11-7-17)15-20(26)28-22(4,5)18-8-12-24-13-9-18/h16-18,23-24H,6-15H2,1-5H3/p+2. The van der Waals surface area contributed by atoms with Gasteiger partial charge < -0.3 is 20.1 Å². The monoisotopic (exact) mass is 398 g/mol. The lowest BCUT2D eigenvalue weighted by Crippen LogP contribution is -2.86. The van der Waals surface area contributed by atoms with Crippen LogP contribution in [0.2, 0.25) is 0 Å². The van der Waals surface area contributed by atoms with Crippen molar-refractivity contribution < 1.29 is 29.7 Å². The minimum absolute atomic E-state index is 0.0778. The summed E-state index contributed by atoms with van der Waals surface area (Å²) in [5.41, 5.74) is -0.878. The van der Waals surface area contributed by atoms with Crippen LogP contribution in [0, 0.1) is 17.8 Å². The number of piperidine rings is 2. The number of quaternary nitrogens is 2. The van der Waals surface area contributed by atoms with Gasteiger partial charge in [-0.25, -0.2) is 0 Å². The first-order chi connectivity index (χ1) is 13.1. The Labute approximate surface area is 170 Å². The molecular formula is C22H42N2O4+2. The lowest BCUT2D eigenvalue weighted by atomic mass is 9.83. The zero-order valence-corrected chi connectivity index (χ0v) is 18.6. The molecule has 0 bridgehead atoms. The van der Waals surface area contributed by atoms with E-state index in [2.05, 4.69) is 10.6 Å². The average Bonchev–Trinajstić information content (AvgIpc) is 2.62. The van der Waals surface area contributed by atoms with Gasteiger partial charge in [0, 0.05) is 50.4 Å². The third-order valence-corrected chi connectivity index (χ3v) is 6.63. The quantitative estimate of drug-likeness (QED) is 0.597. The van der Waals surface area contributed by atoms with E-state index in [1.807, 2.05) is 34.6 Å². The zero-order chi connectivity index (χ0) is 20.8. The van der Waals surface area contributed by atoms with Gasteiger partial charge >= 0.3 is 11.9 Å². The Morgan fingerprint density at radius 2 is 1.11 bits per heavy atom. The molecule has 2 fully saturated rings. The van der Waals surface area contributed by atoms with E-state index in [0.29, 0.717) is 11.8 Å².